The van der Waals surface area contributed by atoms with Crippen LogP contribution in [0.1, 0.15) is 13.3 Å². The molecule has 21 heavy (non-hydrogen) atoms. The molecular weight excluding hydrogens is 275 g/mol. The van der Waals surface area contributed by atoms with Gasteiger partial charge in [-0.25, -0.2) is 4.39 Å². The number of ether oxygens (including phenoxy) is 1. The Bertz CT molecular complexity index is 502. The Hall–Kier alpha value is -1.82. The maximum Gasteiger partial charge on any atom is 0.320 e. The molecular formula is C15H21FN2O3. The van der Waals surface area contributed by atoms with Crippen LogP contribution in [0.3, 0.4) is 0 Å². The first-order chi connectivity index (χ1) is 10.1. The van der Waals surface area contributed by atoms with Crippen molar-refractivity contribution in [1.29, 1.82) is 0 Å². The van der Waals surface area contributed by atoms with Crippen LogP contribution in [0.4, 0.5) is 10.1 Å². The van der Waals surface area contributed by atoms with Crippen LogP contribution in [0.15, 0.2) is 18.2 Å². The average Bonchev–Trinajstić information content (AvgIpc) is 2.48. The highest BCUT2D eigenvalue weighted by atomic mass is 19.1. The first-order valence-corrected chi connectivity index (χ1v) is 7.12. The van der Waals surface area contributed by atoms with E-state index in [1.54, 1.807) is 6.07 Å². The predicted molar refractivity (Wildman–Crippen MR) is 78.5 cm³/mol. The smallest absolute Gasteiger partial charge is 0.320 e. The Morgan fingerprint density at radius 2 is 2.05 bits per heavy atom. The van der Waals surface area contributed by atoms with Gasteiger partial charge in [-0.05, 0) is 18.6 Å². The van der Waals surface area contributed by atoms with Crippen LogP contribution in [0.5, 0.6) is 5.75 Å². The molecule has 2 rings (SSSR count). The summed E-state index contributed by atoms with van der Waals surface area (Å²) < 4.78 is 18.5. The number of carboxylic acid groups (broad SMARTS) is 1. The Morgan fingerprint density at radius 1 is 1.38 bits per heavy atom. The zero-order chi connectivity index (χ0) is 15.4. The van der Waals surface area contributed by atoms with Crippen molar-refractivity contribution < 1.29 is 19.0 Å². The number of aliphatic carboxylic acids is 1. The largest absolute Gasteiger partial charge is 0.494 e. The molecule has 0 bridgehead atoms. The van der Waals surface area contributed by atoms with E-state index in [1.807, 2.05) is 11.8 Å². The van der Waals surface area contributed by atoms with Gasteiger partial charge in [0.2, 0.25) is 0 Å². The summed E-state index contributed by atoms with van der Waals surface area (Å²) in [7, 11) is 1.52. The number of carbonyl (C=O) groups is 1. The summed E-state index contributed by atoms with van der Waals surface area (Å²) in [4.78, 5) is 15.3. The Morgan fingerprint density at radius 3 is 2.57 bits per heavy atom. The highest BCUT2D eigenvalue weighted by Crippen LogP contribution is 2.30. The lowest BCUT2D eigenvalue weighted by molar-refractivity contribution is -0.143. The van der Waals surface area contributed by atoms with Gasteiger partial charge >= 0.3 is 5.97 Å². The van der Waals surface area contributed by atoms with Crippen molar-refractivity contribution in [3.05, 3.63) is 24.0 Å². The molecule has 1 N–H and O–H groups in total. The Kier molecular flexibility index (Phi) is 5.01. The predicted octanol–water partition coefficient (Wildman–Crippen LogP) is 1.82. The van der Waals surface area contributed by atoms with E-state index in [2.05, 4.69) is 4.90 Å². The van der Waals surface area contributed by atoms with Gasteiger partial charge in [0.15, 0.2) is 0 Å². The van der Waals surface area contributed by atoms with E-state index in [4.69, 9.17) is 4.74 Å². The van der Waals surface area contributed by atoms with Gasteiger partial charge in [-0.3, -0.25) is 9.69 Å². The summed E-state index contributed by atoms with van der Waals surface area (Å²) in [6.07, 6.45) is 0.592. The molecule has 1 aromatic carbocycles. The molecule has 1 heterocycles. The van der Waals surface area contributed by atoms with E-state index in [9.17, 15) is 14.3 Å². The van der Waals surface area contributed by atoms with Crippen LogP contribution in [-0.2, 0) is 4.79 Å². The van der Waals surface area contributed by atoms with E-state index >= 15 is 0 Å². The lowest BCUT2D eigenvalue weighted by Crippen LogP contribution is -2.52. The van der Waals surface area contributed by atoms with Crippen LogP contribution >= 0.6 is 0 Å². The van der Waals surface area contributed by atoms with Crippen molar-refractivity contribution in [3.63, 3.8) is 0 Å². The molecule has 1 aliphatic rings. The zero-order valence-corrected chi connectivity index (χ0v) is 12.4. The van der Waals surface area contributed by atoms with Crippen LogP contribution in [0, 0.1) is 5.82 Å². The normalized spacial score (nSPS) is 17.6. The van der Waals surface area contributed by atoms with Crippen LogP contribution < -0.4 is 9.64 Å². The van der Waals surface area contributed by atoms with Crippen molar-refractivity contribution in [1.82, 2.24) is 4.90 Å². The fraction of sp³-hybridized carbons (Fsp3) is 0.533. The molecule has 0 radical (unpaired) electrons. The summed E-state index contributed by atoms with van der Waals surface area (Å²) in [5, 5.41) is 9.20. The number of methoxy groups -OCH3 is 1. The van der Waals surface area contributed by atoms with Crippen LogP contribution in [0.25, 0.3) is 0 Å². The first-order valence-electron chi connectivity index (χ1n) is 7.12. The molecule has 0 aliphatic carbocycles. The highest BCUT2D eigenvalue weighted by Gasteiger charge is 2.28. The van der Waals surface area contributed by atoms with Gasteiger partial charge in [-0.2, -0.15) is 0 Å². The average molecular weight is 296 g/mol. The minimum absolute atomic E-state index is 0.328. The maximum absolute atomic E-state index is 13.2. The summed E-state index contributed by atoms with van der Waals surface area (Å²) in [6.45, 7) is 4.63. The number of hydrogen-bond donors (Lipinski definition) is 1. The number of rotatable bonds is 5. The third-order valence-corrected chi connectivity index (χ3v) is 3.91. The second kappa shape index (κ2) is 6.76. The molecule has 1 fully saturated rings. The molecule has 0 unspecified atom stereocenters. The summed E-state index contributed by atoms with van der Waals surface area (Å²) in [5.41, 5.74) is 0.849. The Balaban J connectivity index is 2.06. The molecule has 0 amide bonds. The molecule has 0 aromatic heterocycles. The second-order valence-corrected chi connectivity index (χ2v) is 5.10. The van der Waals surface area contributed by atoms with E-state index < -0.39 is 12.0 Å². The number of benzene rings is 1. The number of nitrogens with zero attached hydrogens (tertiary/aromatic N) is 2. The lowest BCUT2D eigenvalue weighted by atomic mass is 10.1. The van der Waals surface area contributed by atoms with Gasteiger partial charge in [0.1, 0.15) is 17.6 Å². The molecule has 116 valence electrons. The van der Waals surface area contributed by atoms with Gasteiger partial charge in [0.25, 0.3) is 0 Å². The third-order valence-electron chi connectivity index (χ3n) is 3.91. The molecule has 0 saturated carbocycles. The minimum Gasteiger partial charge on any atom is -0.494 e. The topological polar surface area (TPSA) is 53.0 Å². The fourth-order valence-electron chi connectivity index (χ4n) is 2.78. The SMILES string of the molecule is CC[C@@H](C(=O)O)N1CCN(c2ccc(F)cc2OC)CC1. The van der Waals surface area contributed by atoms with E-state index in [1.165, 1.54) is 19.2 Å². The molecule has 0 spiro atoms. The van der Waals surface area contributed by atoms with E-state index in [-0.39, 0.29) is 5.82 Å². The van der Waals surface area contributed by atoms with Gasteiger partial charge < -0.3 is 14.7 Å². The molecule has 5 nitrogen and oxygen atoms in total. The zero-order valence-electron chi connectivity index (χ0n) is 12.4. The van der Waals surface area contributed by atoms with Gasteiger partial charge in [-0.15, -0.1) is 0 Å². The van der Waals surface area contributed by atoms with Crippen molar-refractivity contribution in [2.75, 3.05) is 38.2 Å². The number of anilines is 1. The molecule has 1 aliphatic heterocycles. The molecule has 6 heteroatoms. The summed E-state index contributed by atoms with van der Waals surface area (Å²) in [5.74, 6) is -0.592. The maximum atomic E-state index is 13.2. The quantitative estimate of drug-likeness (QED) is 0.898. The van der Waals surface area contributed by atoms with Gasteiger partial charge in [-0.1, -0.05) is 6.92 Å². The van der Waals surface area contributed by atoms with Crippen molar-refractivity contribution in [2.45, 2.75) is 19.4 Å². The number of hydrogen-bond acceptors (Lipinski definition) is 4. The summed E-state index contributed by atoms with van der Waals surface area (Å²) in [6, 6.07) is 4.06. The minimum atomic E-state index is -0.773. The highest BCUT2D eigenvalue weighted by molar-refractivity contribution is 5.73. The third kappa shape index (κ3) is 3.44. The fourth-order valence-corrected chi connectivity index (χ4v) is 2.78. The standard InChI is InChI=1S/C15H21FN2O3/c1-3-12(15(19)20)17-6-8-18(9-7-17)13-5-4-11(16)10-14(13)21-2/h4-5,10,12H,3,6-9H2,1-2H3,(H,19,20)/t12-/m0/s1. The summed E-state index contributed by atoms with van der Waals surface area (Å²) >= 11 is 0. The van der Waals surface area contributed by atoms with Crippen LogP contribution in [-0.4, -0.2) is 55.3 Å². The Labute approximate surface area is 123 Å². The van der Waals surface area contributed by atoms with Crippen molar-refractivity contribution >= 4 is 11.7 Å². The van der Waals surface area contributed by atoms with Crippen molar-refractivity contribution in [3.8, 4) is 5.75 Å². The number of carboxylic acids is 1. The molecule has 1 aromatic rings. The number of piperazine rings is 1. The lowest BCUT2D eigenvalue weighted by Gasteiger charge is -2.38. The van der Waals surface area contributed by atoms with Crippen LogP contribution in [0.2, 0.25) is 0 Å². The van der Waals surface area contributed by atoms with Gasteiger partial charge in [0.05, 0.1) is 12.8 Å². The monoisotopic (exact) mass is 296 g/mol. The number of halogens is 1. The van der Waals surface area contributed by atoms with Crippen molar-refractivity contribution in [2.24, 2.45) is 0 Å². The second-order valence-electron chi connectivity index (χ2n) is 5.10. The first kappa shape index (κ1) is 15.6. The van der Waals surface area contributed by atoms with Gasteiger partial charge in [0, 0.05) is 32.2 Å². The molecule has 1 atom stereocenters. The molecule has 1 saturated heterocycles. The van der Waals surface area contributed by atoms with E-state index in [0.717, 1.165) is 5.69 Å². The van der Waals surface area contributed by atoms with E-state index in [0.29, 0.717) is 38.3 Å².